The number of ether oxygens (including phenoxy) is 1. The number of carbonyl (C=O) groups is 2. The first-order valence-electron chi connectivity index (χ1n) is 13.3. The Bertz CT molecular complexity index is 1400. The largest absolute Gasteiger partial charge is 0.497 e. The zero-order valence-electron chi connectivity index (χ0n) is 24.0. The van der Waals surface area contributed by atoms with Crippen LogP contribution in [0, 0.1) is 13.8 Å². The number of methoxy groups -OCH3 is 1. The summed E-state index contributed by atoms with van der Waals surface area (Å²) in [6.07, 6.45) is 0.364. The molecule has 0 bridgehead atoms. The van der Waals surface area contributed by atoms with Gasteiger partial charge in [-0.15, -0.1) is 0 Å². The van der Waals surface area contributed by atoms with Gasteiger partial charge in [0.15, 0.2) is 0 Å². The summed E-state index contributed by atoms with van der Waals surface area (Å²) in [5.41, 5.74) is 3.09. The van der Waals surface area contributed by atoms with Crippen LogP contribution in [0.3, 0.4) is 0 Å². The van der Waals surface area contributed by atoms with Crippen molar-refractivity contribution in [2.24, 2.45) is 0 Å². The number of sulfonamides is 1. The fourth-order valence-electron chi connectivity index (χ4n) is 4.42. The lowest BCUT2D eigenvalue weighted by atomic mass is 10.1. The van der Waals surface area contributed by atoms with Crippen LogP contribution < -0.4 is 14.4 Å². The number of aryl methyl sites for hydroxylation is 2. The van der Waals surface area contributed by atoms with Crippen LogP contribution in [-0.2, 0) is 26.2 Å². The molecular formula is C31H39N3O5S. The molecule has 0 aromatic heterocycles. The molecule has 40 heavy (non-hydrogen) atoms. The first kappa shape index (κ1) is 30.7. The maximum Gasteiger partial charge on any atom is 0.264 e. The van der Waals surface area contributed by atoms with Crippen LogP contribution in [0.2, 0.25) is 0 Å². The third-order valence-corrected chi connectivity index (χ3v) is 8.29. The smallest absolute Gasteiger partial charge is 0.264 e. The van der Waals surface area contributed by atoms with E-state index in [0.717, 1.165) is 21.0 Å². The van der Waals surface area contributed by atoms with E-state index in [2.05, 4.69) is 5.32 Å². The number of anilines is 1. The lowest BCUT2D eigenvalue weighted by Gasteiger charge is -2.33. The molecule has 3 aromatic rings. The molecule has 0 radical (unpaired) electrons. The molecule has 3 rings (SSSR count). The van der Waals surface area contributed by atoms with E-state index >= 15 is 0 Å². The highest BCUT2D eigenvalue weighted by molar-refractivity contribution is 7.92. The van der Waals surface area contributed by atoms with Crippen molar-refractivity contribution < 1.29 is 22.7 Å². The predicted molar refractivity (Wildman–Crippen MR) is 158 cm³/mol. The second-order valence-corrected chi connectivity index (χ2v) is 12.0. The van der Waals surface area contributed by atoms with Crippen molar-refractivity contribution in [2.75, 3.05) is 18.0 Å². The fourth-order valence-corrected chi connectivity index (χ4v) is 5.84. The number of nitrogens with zero attached hydrogens (tertiary/aromatic N) is 2. The van der Waals surface area contributed by atoms with Gasteiger partial charge >= 0.3 is 0 Å². The van der Waals surface area contributed by atoms with Gasteiger partial charge in [-0.2, -0.15) is 0 Å². The van der Waals surface area contributed by atoms with E-state index in [4.69, 9.17) is 4.74 Å². The molecule has 0 aliphatic rings. The van der Waals surface area contributed by atoms with E-state index in [1.165, 1.54) is 24.1 Å². The zero-order valence-corrected chi connectivity index (χ0v) is 24.9. The van der Waals surface area contributed by atoms with E-state index in [1.807, 2.05) is 58.9 Å². The van der Waals surface area contributed by atoms with Gasteiger partial charge in [-0.1, -0.05) is 54.4 Å². The number of carbonyl (C=O) groups excluding carboxylic acids is 2. The van der Waals surface area contributed by atoms with Crippen LogP contribution in [0.5, 0.6) is 5.75 Å². The Hall–Kier alpha value is -3.85. The van der Waals surface area contributed by atoms with E-state index in [0.29, 0.717) is 17.9 Å². The van der Waals surface area contributed by atoms with E-state index in [1.54, 1.807) is 36.4 Å². The summed E-state index contributed by atoms with van der Waals surface area (Å²) in [5.74, 6) is -0.213. The van der Waals surface area contributed by atoms with Gasteiger partial charge in [0.2, 0.25) is 11.8 Å². The van der Waals surface area contributed by atoms with Crippen LogP contribution >= 0.6 is 0 Å². The average Bonchev–Trinajstić information content (AvgIpc) is 2.91. The van der Waals surface area contributed by atoms with E-state index in [9.17, 15) is 18.0 Å². The number of rotatable bonds is 12. The molecule has 1 N–H and O–H groups in total. The summed E-state index contributed by atoms with van der Waals surface area (Å²) in [5, 5.41) is 2.91. The first-order chi connectivity index (χ1) is 19.0. The highest BCUT2D eigenvalue weighted by Gasteiger charge is 2.33. The molecule has 1 atom stereocenters. The van der Waals surface area contributed by atoms with Crippen molar-refractivity contribution in [2.45, 2.75) is 64.6 Å². The van der Waals surface area contributed by atoms with Crippen molar-refractivity contribution in [3.05, 3.63) is 89.5 Å². The molecule has 0 heterocycles. The van der Waals surface area contributed by atoms with Gasteiger partial charge in [-0.3, -0.25) is 13.9 Å². The van der Waals surface area contributed by atoms with E-state index < -0.39 is 28.5 Å². The summed E-state index contributed by atoms with van der Waals surface area (Å²) in [7, 11) is -2.60. The minimum Gasteiger partial charge on any atom is -0.497 e. The van der Waals surface area contributed by atoms with Crippen LogP contribution in [0.15, 0.2) is 77.7 Å². The molecule has 8 nitrogen and oxygen atoms in total. The summed E-state index contributed by atoms with van der Waals surface area (Å²) >= 11 is 0. The number of benzene rings is 3. The third kappa shape index (κ3) is 7.63. The minimum atomic E-state index is -4.13. The molecule has 9 heteroatoms. The Balaban J connectivity index is 2.07. The van der Waals surface area contributed by atoms with Gasteiger partial charge in [0.25, 0.3) is 10.0 Å². The minimum absolute atomic E-state index is 0.0662. The second kappa shape index (κ2) is 13.5. The lowest BCUT2D eigenvalue weighted by Crippen LogP contribution is -2.53. The van der Waals surface area contributed by atoms with Crippen LogP contribution in [0.25, 0.3) is 0 Å². The normalized spacial score (nSPS) is 12.1. The molecule has 0 saturated carbocycles. The van der Waals surface area contributed by atoms with Crippen LogP contribution in [0.1, 0.15) is 43.9 Å². The van der Waals surface area contributed by atoms with Crippen molar-refractivity contribution in [3.63, 3.8) is 0 Å². The van der Waals surface area contributed by atoms with E-state index in [-0.39, 0.29) is 23.4 Å². The Labute approximate surface area is 238 Å². The molecule has 0 aliphatic carbocycles. The number of hydrogen-bond acceptors (Lipinski definition) is 5. The SMILES string of the molecule is CCC(C(=O)NC(C)C)N(Cc1cccc(C)c1)C(=O)CN(c1ccc(OC)cc1)S(=O)(=O)c1ccc(C)cc1. The highest BCUT2D eigenvalue weighted by atomic mass is 32.2. The fraction of sp³-hybridized carbons (Fsp3) is 0.355. The highest BCUT2D eigenvalue weighted by Crippen LogP contribution is 2.27. The number of amides is 2. The van der Waals surface area contributed by atoms with Gasteiger partial charge in [-0.25, -0.2) is 8.42 Å². The zero-order chi connectivity index (χ0) is 29.4. The Morgan fingerprint density at radius 2 is 1.57 bits per heavy atom. The van der Waals surface area contributed by atoms with Gasteiger partial charge < -0.3 is 15.0 Å². The Morgan fingerprint density at radius 3 is 2.12 bits per heavy atom. The van der Waals surface area contributed by atoms with Gasteiger partial charge in [-0.05, 0) is 76.1 Å². The van der Waals surface area contributed by atoms with Gasteiger partial charge in [0, 0.05) is 12.6 Å². The third-order valence-electron chi connectivity index (χ3n) is 6.50. The monoisotopic (exact) mass is 565 g/mol. The molecule has 0 saturated heterocycles. The molecule has 0 spiro atoms. The maximum atomic E-state index is 14.1. The molecule has 1 unspecified atom stereocenters. The van der Waals surface area contributed by atoms with Gasteiger partial charge in [0.05, 0.1) is 17.7 Å². The molecule has 3 aromatic carbocycles. The summed E-state index contributed by atoms with van der Waals surface area (Å²) in [4.78, 5) is 28.8. The Morgan fingerprint density at radius 1 is 0.925 bits per heavy atom. The van der Waals surface area contributed by atoms with Crippen molar-refractivity contribution in [1.82, 2.24) is 10.2 Å². The van der Waals surface area contributed by atoms with Crippen LogP contribution in [0.4, 0.5) is 5.69 Å². The van der Waals surface area contributed by atoms with Crippen LogP contribution in [-0.4, -0.2) is 50.9 Å². The average molecular weight is 566 g/mol. The Kier molecular flexibility index (Phi) is 10.3. The van der Waals surface area contributed by atoms with Crippen molar-refractivity contribution >= 4 is 27.5 Å². The maximum absolute atomic E-state index is 14.1. The summed E-state index contributed by atoms with van der Waals surface area (Å²) in [6.45, 7) is 9.06. The lowest BCUT2D eigenvalue weighted by molar-refractivity contribution is -0.140. The standard InChI is InChI=1S/C31H39N3O5S/c1-7-29(31(36)32-22(2)3)33(20-25-10-8-9-24(5)19-25)30(35)21-34(26-13-15-27(39-6)16-14-26)40(37,38)28-17-11-23(4)12-18-28/h8-19,22,29H,7,20-21H2,1-6H3,(H,32,36). The molecule has 214 valence electrons. The predicted octanol–water partition coefficient (Wildman–Crippen LogP) is 4.84. The first-order valence-corrected chi connectivity index (χ1v) is 14.8. The molecular weight excluding hydrogens is 526 g/mol. The summed E-state index contributed by atoms with van der Waals surface area (Å²) in [6, 6.07) is 19.8. The molecule has 0 aliphatic heterocycles. The second-order valence-electron chi connectivity index (χ2n) is 10.1. The molecule has 0 fully saturated rings. The van der Waals surface area contributed by atoms with Crippen molar-refractivity contribution in [3.8, 4) is 5.75 Å². The number of hydrogen-bond donors (Lipinski definition) is 1. The van der Waals surface area contributed by atoms with Gasteiger partial charge in [0.1, 0.15) is 18.3 Å². The number of nitrogens with one attached hydrogen (secondary N) is 1. The topological polar surface area (TPSA) is 96.0 Å². The van der Waals surface area contributed by atoms with Crippen molar-refractivity contribution in [1.29, 1.82) is 0 Å². The molecule has 2 amide bonds. The summed E-state index contributed by atoms with van der Waals surface area (Å²) < 4.78 is 34.2. The quantitative estimate of drug-likeness (QED) is 0.339.